The quantitative estimate of drug-likeness (QED) is 0.896. The van der Waals surface area contributed by atoms with Gasteiger partial charge in [-0.1, -0.05) is 19.9 Å². The first-order valence-corrected chi connectivity index (χ1v) is 7.96. The number of benzene rings is 1. The van der Waals surface area contributed by atoms with E-state index in [1.807, 2.05) is 0 Å². The number of likely N-dealkylation sites (N-methyl/N-ethyl adjacent to an activating group) is 1. The molecule has 1 atom stereocenters. The zero-order valence-electron chi connectivity index (χ0n) is 13.2. The van der Waals surface area contributed by atoms with Crippen molar-refractivity contribution in [3.63, 3.8) is 0 Å². The van der Waals surface area contributed by atoms with Crippen molar-refractivity contribution in [2.24, 2.45) is 5.73 Å². The van der Waals surface area contributed by atoms with Crippen molar-refractivity contribution in [1.82, 2.24) is 4.90 Å². The van der Waals surface area contributed by atoms with Crippen LogP contribution in [0.25, 0.3) is 0 Å². The summed E-state index contributed by atoms with van der Waals surface area (Å²) in [6.45, 7) is 12.4. The highest BCUT2D eigenvalue weighted by atomic mass is 15.3. The maximum Gasteiger partial charge on any atom is 0.0369 e. The molecule has 0 aromatic heterocycles. The van der Waals surface area contributed by atoms with Gasteiger partial charge < -0.3 is 15.5 Å². The van der Waals surface area contributed by atoms with Crippen LogP contribution in [-0.2, 0) is 6.42 Å². The molecule has 0 spiro atoms. The van der Waals surface area contributed by atoms with Crippen LogP contribution in [0.15, 0.2) is 18.2 Å². The summed E-state index contributed by atoms with van der Waals surface area (Å²) >= 11 is 0. The number of anilines is 1. The van der Waals surface area contributed by atoms with Crippen LogP contribution in [0, 0.1) is 6.92 Å². The van der Waals surface area contributed by atoms with Gasteiger partial charge in [0, 0.05) is 37.9 Å². The van der Waals surface area contributed by atoms with Gasteiger partial charge in [0.2, 0.25) is 0 Å². The molecular weight excluding hydrogens is 246 g/mol. The van der Waals surface area contributed by atoms with E-state index in [1.54, 1.807) is 0 Å². The van der Waals surface area contributed by atoms with E-state index >= 15 is 0 Å². The molecule has 2 N–H and O–H groups in total. The first-order valence-electron chi connectivity index (χ1n) is 7.96. The van der Waals surface area contributed by atoms with E-state index in [4.69, 9.17) is 5.73 Å². The van der Waals surface area contributed by atoms with Gasteiger partial charge in [0.1, 0.15) is 0 Å². The molecule has 0 aliphatic carbocycles. The van der Waals surface area contributed by atoms with Crippen molar-refractivity contribution in [3.05, 3.63) is 29.3 Å². The summed E-state index contributed by atoms with van der Waals surface area (Å²) in [5.41, 5.74) is 10.2. The third-order valence-corrected chi connectivity index (χ3v) is 4.52. The van der Waals surface area contributed by atoms with E-state index in [-0.39, 0.29) is 6.04 Å². The summed E-state index contributed by atoms with van der Waals surface area (Å²) in [5, 5.41) is 0. The number of piperazine rings is 1. The molecule has 2 rings (SSSR count). The second-order valence-corrected chi connectivity index (χ2v) is 5.90. The number of nitrogens with zero attached hydrogens (tertiary/aromatic N) is 2. The largest absolute Gasteiger partial charge is 0.369 e. The van der Waals surface area contributed by atoms with Crippen LogP contribution in [0.4, 0.5) is 5.69 Å². The molecule has 20 heavy (non-hydrogen) atoms. The maximum atomic E-state index is 6.07. The number of nitrogens with two attached hydrogens (primary N) is 1. The lowest BCUT2D eigenvalue weighted by Gasteiger charge is -2.35. The topological polar surface area (TPSA) is 32.5 Å². The van der Waals surface area contributed by atoms with Gasteiger partial charge >= 0.3 is 0 Å². The fourth-order valence-electron chi connectivity index (χ4n) is 2.85. The lowest BCUT2D eigenvalue weighted by Crippen LogP contribution is -2.46. The Balaban J connectivity index is 2.02. The molecule has 112 valence electrons. The average molecular weight is 275 g/mol. The summed E-state index contributed by atoms with van der Waals surface area (Å²) < 4.78 is 0. The van der Waals surface area contributed by atoms with Crippen molar-refractivity contribution >= 4 is 5.69 Å². The third kappa shape index (κ3) is 3.74. The SMILES string of the molecule is CCC(N)Cc1ccc(N2CCN(CC)CC2)cc1C. The molecule has 1 aliphatic rings. The molecule has 0 amide bonds. The van der Waals surface area contributed by atoms with Crippen LogP contribution in [0.3, 0.4) is 0 Å². The molecule has 0 radical (unpaired) electrons. The smallest absolute Gasteiger partial charge is 0.0369 e. The van der Waals surface area contributed by atoms with Crippen molar-refractivity contribution < 1.29 is 0 Å². The minimum Gasteiger partial charge on any atom is -0.369 e. The van der Waals surface area contributed by atoms with Crippen LogP contribution in [0.1, 0.15) is 31.4 Å². The van der Waals surface area contributed by atoms with E-state index in [1.165, 1.54) is 36.4 Å². The number of rotatable bonds is 5. The Morgan fingerprint density at radius 1 is 1.15 bits per heavy atom. The van der Waals surface area contributed by atoms with Crippen LogP contribution in [0.2, 0.25) is 0 Å². The van der Waals surface area contributed by atoms with Gasteiger partial charge in [-0.15, -0.1) is 0 Å². The normalized spacial score (nSPS) is 18.3. The second kappa shape index (κ2) is 7.09. The van der Waals surface area contributed by atoms with Crippen LogP contribution < -0.4 is 10.6 Å². The standard InChI is InChI=1S/C17H29N3/c1-4-16(18)13-15-6-7-17(12-14(15)3)20-10-8-19(5-2)9-11-20/h6-7,12,16H,4-5,8-11,13,18H2,1-3H3. The van der Waals surface area contributed by atoms with Gasteiger partial charge in [-0.25, -0.2) is 0 Å². The molecule has 1 aromatic carbocycles. The molecule has 1 fully saturated rings. The van der Waals surface area contributed by atoms with Gasteiger partial charge in [-0.2, -0.15) is 0 Å². The zero-order valence-corrected chi connectivity index (χ0v) is 13.2. The molecular formula is C17H29N3. The minimum absolute atomic E-state index is 0.285. The molecule has 0 saturated carbocycles. The summed E-state index contributed by atoms with van der Waals surface area (Å²) in [6, 6.07) is 7.16. The van der Waals surface area contributed by atoms with Crippen LogP contribution in [0.5, 0.6) is 0 Å². The second-order valence-electron chi connectivity index (χ2n) is 5.90. The van der Waals surface area contributed by atoms with Crippen LogP contribution >= 0.6 is 0 Å². The van der Waals surface area contributed by atoms with Gasteiger partial charge in [0.05, 0.1) is 0 Å². The molecule has 1 aliphatic heterocycles. The van der Waals surface area contributed by atoms with Crippen LogP contribution in [-0.4, -0.2) is 43.7 Å². The van der Waals surface area contributed by atoms with Gasteiger partial charge in [0.15, 0.2) is 0 Å². The number of hydrogen-bond acceptors (Lipinski definition) is 3. The highest BCUT2D eigenvalue weighted by Gasteiger charge is 2.16. The first kappa shape index (κ1) is 15.3. The first-order chi connectivity index (χ1) is 9.63. The van der Waals surface area contributed by atoms with E-state index in [2.05, 4.69) is 48.8 Å². The molecule has 1 unspecified atom stereocenters. The van der Waals surface area contributed by atoms with Gasteiger partial charge in [-0.05, 0) is 49.6 Å². The minimum atomic E-state index is 0.285. The molecule has 3 nitrogen and oxygen atoms in total. The fraction of sp³-hybridized carbons (Fsp3) is 0.647. The van der Waals surface area contributed by atoms with E-state index in [0.717, 1.165) is 25.9 Å². The van der Waals surface area contributed by atoms with Crippen molar-refractivity contribution in [1.29, 1.82) is 0 Å². The Bertz CT molecular complexity index is 422. The predicted octanol–water partition coefficient (Wildman–Crippen LogP) is 2.42. The lowest BCUT2D eigenvalue weighted by atomic mass is 9.99. The predicted molar refractivity (Wildman–Crippen MR) is 87.5 cm³/mol. The highest BCUT2D eigenvalue weighted by Crippen LogP contribution is 2.21. The number of hydrogen-bond donors (Lipinski definition) is 1. The van der Waals surface area contributed by atoms with Crippen molar-refractivity contribution in [2.75, 3.05) is 37.6 Å². The highest BCUT2D eigenvalue weighted by molar-refractivity contribution is 5.51. The Morgan fingerprint density at radius 2 is 1.85 bits per heavy atom. The van der Waals surface area contributed by atoms with E-state index in [0.29, 0.717) is 0 Å². The summed E-state index contributed by atoms with van der Waals surface area (Å²) in [6.07, 6.45) is 2.03. The Hall–Kier alpha value is -1.06. The Morgan fingerprint density at radius 3 is 2.40 bits per heavy atom. The van der Waals surface area contributed by atoms with Gasteiger partial charge in [-0.3, -0.25) is 0 Å². The summed E-state index contributed by atoms with van der Waals surface area (Å²) in [7, 11) is 0. The summed E-state index contributed by atoms with van der Waals surface area (Å²) in [5.74, 6) is 0. The molecule has 1 saturated heterocycles. The molecule has 0 bridgehead atoms. The Labute approximate surface area is 123 Å². The fourth-order valence-corrected chi connectivity index (χ4v) is 2.85. The molecule has 3 heteroatoms. The van der Waals surface area contributed by atoms with E-state index in [9.17, 15) is 0 Å². The Kier molecular flexibility index (Phi) is 5.44. The molecule has 1 heterocycles. The third-order valence-electron chi connectivity index (χ3n) is 4.52. The monoisotopic (exact) mass is 275 g/mol. The molecule has 1 aromatic rings. The maximum absolute atomic E-state index is 6.07. The average Bonchev–Trinajstić information content (AvgIpc) is 2.49. The van der Waals surface area contributed by atoms with Crippen molar-refractivity contribution in [2.45, 2.75) is 39.7 Å². The summed E-state index contributed by atoms with van der Waals surface area (Å²) in [4.78, 5) is 5.01. The van der Waals surface area contributed by atoms with Gasteiger partial charge in [0.25, 0.3) is 0 Å². The van der Waals surface area contributed by atoms with Crippen molar-refractivity contribution in [3.8, 4) is 0 Å². The lowest BCUT2D eigenvalue weighted by molar-refractivity contribution is 0.271. The van der Waals surface area contributed by atoms with E-state index < -0.39 is 0 Å². The zero-order chi connectivity index (χ0) is 14.5. The number of aryl methyl sites for hydroxylation is 1.